The van der Waals surface area contributed by atoms with Gasteiger partial charge in [-0.1, -0.05) is 0 Å². The molecule has 4 nitrogen and oxygen atoms in total. The molecule has 0 amide bonds. The van der Waals surface area contributed by atoms with E-state index in [2.05, 4.69) is 10.1 Å². The predicted octanol–water partition coefficient (Wildman–Crippen LogP) is 0.776. The molecule has 1 aliphatic heterocycles. The summed E-state index contributed by atoms with van der Waals surface area (Å²) < 4.78 is 40.6. The van der Waals surface area contributed by atoms with Crippen LogP contribution >= 0.6 is 0 Å². The fourth-order valence-electron chi connectivity index (χ4n) is 1.87. The van der Waals surface area contributed by atoms with Gasteiger partial charge in [0.25, 0.3) is 0 Å². The van der Waals surface area contributed by atoms with Crippen molar-refractivity contribution in [2.45, 2.75) is 25.1 Å². The monoisotopic (exact) mass is 254 g/mol. The average Bonchev–Trinajstić information content (AvgIpc) is 2.26. The zero-order valence-electron chi connectivity index (χ0n) is 9.72. The maximum atomic E-state index is 12.0. The smallest absolute Gasteiger partial charge is 0.401 e. The van der Waals surface area contributed by atoms with Crippen molar-refractivity contribution >= 4 is 5.97 Å². The molecule has 0 aromatic carbocycles. The molecule has 1 heterocycles. The van der Waals surface area contributed by atoms with Gasteiger partial charge in [0, 0.05) is 12.6 Å². The van der Waals surface area contributed by atoms with Gasteiger partial charge in [-0.3, -0.25) is 9.69 Å². The third-order valence-electron chi connectivity index (χ3n) is 2.68. The van der Waals surface area contributed by atoms with E-state index in [0.717, 1.165) is 13.0 Å². The van der Waals surface area contributed by atoms with E-state index in [1.54, 1.807) is 0 Å². The van der Waals surface area contributed by atoms with Crippen molar-refractivity contribution in [3.8, 4) is 0 Å². The van der Waals surface area contributed by atoms with Gasteiger partial charge >= 0.3 is 12.1 Å². The Balaban J connectivity index is 2.31. The van der Waals surface area contributed by atoms with Crippen molar-refractivity contribution in [2.75, 3.05) is 33.3 Å². The average molecular weight is 254 g/mol. The topological polar surface area (TPSA) is 41.6 Å². The number of hydrogen-bond donors (Lipinski definition) is 1. The zero-order valence-corrected chi connectivity index (χ0v) is 9.72. The van der Waals surface area contributed by atoms with Crippen molar-refractivity contribution in [2.24, 2.45) is 0 Å². The molecule has 0 aliphatic carbocycles. The number of likely N-dealkylation sites (tertiary alicyclic amines) is 1. The highest BCUT2D eigenvalue weighted by molar-refractivity contribution is 5.71. The van der Waals surface area contributed by atoms with Crippen molar-refractivity contribution in [1.82, 2.24) is 10.2 Å². The molecule has 1 aliphatic rings. The minimum atomic E-state index is -4.19. The number of nitrogens with one attached hydrogen (secondary N) is 1. The summed E-state index contributed by atoms with van der Waals surface area (Å²) in [5.74, 6) is -0.360. The van der Waals surface area contributed by atoms with Gasteiger partial charge in [-0.05, 0) is 19.4 Å². The summed E-state index contributed by atoms with van der Waals surface area (Å²) in [6.07, 6.45) is -2.70. The third-order valence-corrected chi connectivity index (χ3v) is 2.68. The van der Waals surface area contributed by atoms with Gasteiger partial charge in [0.2, 0.25) is 0 Å². The summed E-state index contributed by atoms with van der Waals surface area (Å²) in [6, 6.07) is -0.213. The molecule has 1 atom stereocenters. The molecule has 1 N–H and O–H groups in total. The number of ether oxygens (including phenoxy) is 1. The summed E-state index contributed by atoms with van der Waals surface area (Å²) in [7, 11) is 1.30. The molecule has 0 saturated carbocycles. The number of nitrogens with zero attached hydrogens (tertiary/aromatic N) is 1. The molecule has 0 spiro atoms. The molecular weight excluding hydrogens is 237 g/mol. The van der Waals surface area contributed by atoms with Crippen LogP contribution in [0.5, 0.6) is 0 Å². The van der Waals surface area contributed by atoms with Crippen molar-refractivity contribution in [3.05, 3.63) is 0 Å². The van der Waals surface area contributed by atoms with Crippen LogP contribution in [-0.2, 0) is 9.53 Å². The molecule has 7 heteroatoms. The first-order valence-corrected chi connectivity index (χ1v) is 5.50. The fraction of sp³-hybridized carbons (Fsp3) is 0.900. The highest BCUT2D eigenvalue weighted by atomic mass is 19.4. The number of piperidine rings is 1. The Morgan fingerprint density at radius 3 is 2.82 bits per heavy atom. The largest absolute Gasteiger partial charge is 0.468 e. The second kappa shape index (κ2) is 6.20. The lowest BCUT2D eigenvalue weighted by Crippen LogP contribution is -2.49. The quantitative estimate of drug-likeness (QED) is 0.753. The van der Waals surface area contributed by atoms with E-state index in [4.69, 9.17) is 0 Å². The van der Waals surface area contributed by atoms with E-state index < -0.39 is 12.7 Å². The molecule has 0 unspecified atom stereocenters. The Kier molecular flexibility index (Phi) is 5.20. The van der Waals surface area contributed by atoms with Gasteiger partial charge in [-0.15, -0.1) is 0 Å². The predicted molar refractivity (Wildman–Crippen MR) is 55.5 cm³/mol. The first-order chi connectivity index (χ1) is 7.90. The van der Waals surface area contributed by atoms with Gasteiger partial charge in [-0.2, -0.15) is 13.2 Å². The van der Waals surface area contributed by atoms with Crippen LogP contribution in [0, 0.1) is 0 Å². The lowest BCUT2D eigenvalue weighted by Gasteiger charge is -2.32. The fourth-order valence-corrected chi connectivity index (χ4v) is 1.87. The highest BCUT2D eigenvalue weighted by Gasteiger charge is 2.29. The maximum Gasteiger partial charge on any atom is 0.401 e. The Morgan fingerprint density at radius 1 is 1.53 bits per heavy atom. The summed E-state index contributed by atoms with van der Waals surface area (Å²) in [4.78, 5) is 12.8. The van der Waals surface area contributed by atoms with Crippen LogP contribution in [0.25, 0.3) is 0 Å². The Bertz CT molecular complexity index is 258. The van der Waals surface area contributed by atoms with E-state index in [1.165, 1.54) is 7.11 Å². The van der Waals surface area contributed by atoms with Gasteiger partial charge in [0.1, 0.15) is 0 Å². The molecule has 0 aromatic rings. The second-order valence-corrected chi connectivity index (χ2v) is 4.15. The standard InChI is InChI=1S/C10H17F3N2O2/c1-17-9(16)6-15-4-2-3-8(5-15)14-7-10(11,12)13/h8,14H,2-7H2,1H3/t8-/m0/s1. The first-order valence-electron chi connectivity index (χ1n) is 5.50. The van der Waals surface area contributed by atoms with Crippen molar-refractivity contribution < 1.29 is 22.7 Å². The molecular formula is C10H17F3N2O2. The van der Waals surface area contributed by atoms with Crippen LogP contribution in [0.15, 0.2) is 0 Å². The number of hydrogen-bond acceptors (Lipinski definition) is 4. The first kappa shape index (κ1) is 14.2. The molecule has 1 fully saturated rings. The minimum Gasteiger partial charge on any atom is -0.468 e. The van der Waals surface area contributed by atoms with E-state index >= 15 is 0 Å². The van der Waals surface area contributed by atoms with Crippen LogP contribution in [-0.4, -0.2) is 56.4 Å². The molecule has 1 rings (SSSR count). The van der Waals surface area contributed by atoms with Crippen molar-refractivity contribution in [1.29, 1.82) is 0 Å². The summed E-state index contributed by atoms with van der Waals surface area (Å²) in [5, 5.41) is 2.46. The highest BCUT2D eigenvalue weighted by Crippen LogP contribution is 2.15. The van der Waals surface area contributed by atoms with Gasteiger partial charge in [0.05, 0.1) is 20.2 Å². The number of rotatable bonds is 4. The number of carbonyl (C=O) groups is 1. The van der Waals surface area contributed by atoms with E-state index in [0.29, 0.717) is 13.0 Å². The number of esters is 1. The van der Waals surface area contributed by atoms with Crippen LogP contribution in [0.3, 0.4) is 0 Å². The maximum absolute atomic E-state index is 12.0. The number of carbonyl (C=O) groups excluding carboxylic acids is 1. The molecule has 0 aromatic heterocycles. The Labute approximate surface area is 98.1 Å². The number of alkyl halides is 3. The van der Waals surface area contributed by atoms with E-state index in [9.17, 15) is 18.0 Å². The number of halogens is 3. The molecule has 100 valence electrons. The minimum absolute atomic E-state index is 0.140. The molecule has 0 radical (unpaired) electrons. The van der Waals surface area contributed by atoms with Crippen LogP contribution in [0.4, 0.5) is 13.2 Å². The van der Waals surface area contributed by atoms with Gasteiger partial charge in [0.15, 0.2) is 0 Å². The Morgan fingerprint density at radius 2 is 2.24 bits per heavy atom. The summed E-state index contributed by atoms with van der Waals surface area (Å²) in [6.45, 7) is 0.328. The lowest BCUT2D eigenvalue weighted by atomic mass is 10.1. The van der Waals surface area contributed by atoms with Crippen molar-refractivity contribution in [3.63, 3.8) is 0 Å². The SMILES string of the molecule is COC(=O)CN1CCC[C@H](NCC(F)(F)F)C1. The van der Waals surface area contributed by atoms with Gasteiger partial charge in [-0.25, -0.2) is 0 Å². The van der Waals surface area contributed by atoms with Gasteiger partial charge < -0.3 is 10.1 Å². The molecule has 1 saturated heterocycles. The van der Waals surface area contributed by atoms with E-state index in [-0.39, 0.29) is 18.6 Å². The normalized spacial score (nSPS) is 22.5. The zero-order chi connectivity index (χ0) is 12.9. The number of methoxy groups -OCH3 is 1. The molecule has 0 bridgehead atoms. The lowest BCUT2D eigenvalue weighted by molar-refractivity contribution is -0.142. The second-order valence-electron chi connectivity index (χ2n) is 4.15. The van der Waals surface area contributed by atoms with Crippen LogP contribution in [0.1, 0.15) is 12.8 Å². The third kappa shape index (κ3) is 5.88. The summed E-state index contributed by atoms with van der Waals surface area (Å²) >= 11 is 0. The van der Waals surface area contributed by atoms with Crippen LogP contribution < -0.4 is 5.32 Å². The Hall–Kier alpha value is -0.820. The van der Waals surface area contributed by atoms with E-state index in [1.807, 2.05) is 4.90 Å². The molecule has 17 heavy (non-hydrogen) atoms. The summed E-state index contributed by atoms with van der Waals surface area (Å²) in [5.41, 5.74) is 0. The van der Waals surface area contributed by atoms with Crippen LogP contribution in [0.2, 0.25) is 0 Å².